The third kappa shape index (κ3) is 3.05. The molecule has 74 valence electrons. The highest BCUT2D eigenvalue weighted by atomic mass is 16.6. The average molecular weight is 185 g/mol. The second kappa shape index (κ2) is 4.84. The van der Waals surface area contributed by atoms with E-state index in [1.165, 1.54) is 6.42 Å². The zero-order valence-corrected chi connectivity index (χ0v) is 7.84. The molecule has 0 aromatic rings. The molecule has 1 atom stereocenters. The Morgan fingerprint density at radius 3 is 2.62 bits per heavy atom. The number of unbranched alkanes of at least 4 members (excludes halogenated alkanes) is 3. The first-order chi connectivity index (χ1) is 6.24. The maximum Gasteiger partial charge on any atom is 0.414 e. The van der Waals surface area contributed by atoms with E-state index in [0.29, 0.717) is 6.42 Å². The van der Waals surface area contributed by atoms with Crippen LogP contribution in [0.25, 0.3) is 0 Å². The number of carbonyl (C=O) groups is 2. The zero-order valence-electron chi connectivity index (χ0n) is 7.84. The molecule has 1 aliphatic heterocycles. The van der Waals surface area contributed by atoms with Crippen LogP contribution in [0.5, 0.6) is 0 Å². The van der Waals surface area contributed by atoms with Crippen LogP contribution in [0, 0.1) is 0 Å². The molecule has 0 spiro atoms. The summed E-state index contributed by atoms with van der Waals surface area (Å²) >= 11 is 0. The van der Waals surface area contributed by atoms with E-state index in [1.807, 2.05) is 0 Å². The van der Waals surface area contributed by atoms with E-state index in [9.17, 15) is 9.59 Å². The van der Waals surface area contributed by atoms with Crippen LogP contribution < -0.4 is 5.32 Å². The third-order valence-corrected chi connectivity index (χ3v) is 2.09. The van der Waals surface area contributed by atoms with Crippen LogP contribution in [0.3, 0.4) is 0 Å². The largest absolute Gasteiger partial charge is 0.436 e. The Morgan fingerprint density at radius 2 is 2.08 bits per heavy atom. The van der Waals surface area contributed by atoms with Gasteiger partial charge in [-0.25, -0.2) is 4.79 Å². The van der Waals surface area contributed by atoms with Crippen molar-refractivity contribution in [2.75, 3.05) is 0 Å². The minimum absolute atomic E-state index is 0.290. The van der Waals surface area contributed by atoms with Crippen molar-refractivity contribution in [3.05, 3.63) is 0 Å². The van der Waals surface area contributed by atoms with Crippen molar-refractivity contribution in [3.8, 4) is 0 Å². The van der Waals surface area contributed by atoms with Crippen molar-refractivity contribution in [1.82, 2.24) is 5.32 Å². The molecule has 0 saturated carbocycles. The summed E-state index contributed by atoms with van der Waals surface area (Å²) in [6.07, 6.45) is 3.88. The van der Waals surface area contributed by atoms with Crippen LogP contribution >= 0.6 is 0 Å². The average Bonchev–Trinajstić information content (AvgIpc) is 2.39. The number of cyclic esters (lactones) is 1. The van der Waals surface area contributed by atoms with Gasteiger partial charge in [0.2, 0.25) is 0 Å². The molecule has 4 nitrogen and oxygen atoms in total. The number of nitrogens with one attached hydrogen (secondary N) is 1. The first-order valence-electron chi connectivity index (χ1n) is 4.75. The summed E-state index contributed by atoms with van der Waals surface area (Å²) < 4.78 is 4.75. The highest BCUT2D eigenvalue weighted by Gasteiger charge is 2.31. The van der Waals surface area contributed by atoms with Gasteiger partial charge in [0.05, 0.1) is 0 Å². The van der Waals surface area contributed by atoms with Crippen molar-refractivity contribution < 1.29 is 14.3 Å². The molecule has 4 heteroatoms. The van der Waals surface area contributed by atoms with Crippen molar-refractivity contribution in [2.24, 2.45) is 0 Å². The van der Waals surface area contributed by atoms with Gasteiger partial charge in [-0.2, -0.15) is 0 Å². The van der Waals surface area contributed by atoms with Crippen molar-refractivity contribution in [2.45, 2.75) is 45.1 Å². The van der Waals surface area contributed by atoms with Gasteiger partial charge in [0, 0.05) is 0 Å². The van der Waals surface area contributed by atoms with Gasteiger partial charge >= 0.3 is 6.09 Å². The molecule has 1 heterocycles. The van der Waals surface area contributed by atoms with E-state index in [-0.39, 0.29) is 5.91 Å². The molecule has 0 aromatic carbocycles. The maximum absolute atomic E-state index is 11.0. The lowest BCUT2D eigenvalue weighted by molar-refractivity contribution is -0.123. The topological polar surface area (TPSA) is 55.4 Å². The number of carbonyl (C=O) groups excluding carboxylic acids is 2. The van der Waals surface area contributed by atoms with Gasteiger partial charge in [-0.05, 0) is 12.8 Å². The van der Waals surface area contributed by atoms with Gasteiger partial charge in [0.1, 0.15) is 0 Å². The highest BCUT2D eigenvalue weighted by Crippen LogP contribution is 2.11. The van der Waals surface area contributed by atoms with Gasteiger partial charge in [-0.1, -0.05) is 26.2 Å². The Labute approximate surface area is 77.6 Å². The zero-order chi connectivity index (χ0) is 9.68. The molecule has 13 heavy (non-hydrogen) atoms. The predicted molar refractivity (Wildman–Crippen MR) is 47.2 cm³/mol. The Hall–Kier alpha value is -1.06. The normalized spacial score (nSPS) is 21.5. The van der Waals surface area contributed by atoms with Gasteiger partial charge in [-0.3, -0.25) is 10.1 Å². The molecule has 0 aliphatic carbocycles. The molecule has 1 fully saturated rings. The van der Waals surface area contributed by atoms with E-state index >= 15 is 0 Å². The Morgan fingerprint density at radius 1 is 1.31 bits per heavy atom. The van der Waals surface area contributed by atoms with Crippen molar-refractivity contribution >= 4 is 12.0 Å². The molecule has 0 bridgehead atoms. The summed E-state index contributed by atoms with van der Waals surface area (Å²) in [6, 6.07) is 0. The lowest BCUT2D eigenvalue weighted by Crippen LogP contribution is -2.24. The quantitative estimate of drug-likeness (QED) is 0.662. The second-order valence-corrected chi connectivity index (χ2v) is 3.23. The van der Waals surface area contributed by atoms with Gasteiger partial charge in [-0.15, -0.1) is 0 Å². The molecule has 1 aliphatic rings. The van der Waals surface area contributed by atoms with Crippen molar-refractivity contribution in [3.63, 3.8) is 0 Å². The van der Waals surface area contributed by atoms with E-state index in [2.05, 4.69) is 12.2 Å². The number of imide groups is 1. The minimum Gasteiger partial charge on any atom is -0.436 e. The van der Waals surface area contributed by atoms with E-state index in [4.69, 9.17) is 4.74 Å². The summed E-state index contributed by atoms with van der Waals surface area (Å²) in [5.41, 5.74) is 0. The van der Waals surface area contributed by atoms with Gasteiger partial charge in [0.15, 0.2) is 6.10 Å². The fourth-order valence-electron chi connectivity index (χ4n) is 1.34. The Kier molecular flexibility index (Phi) is 3.73. The number of amides is 2. The SMILES string of the molecule is CCCCCCC1OC(=O)NC1=O. The summed E-state index contributed by atoms with van der Waals surface area (Å²) in [5.74, 6) is -0.290. The molecular formula is C9H15NO3. The van der Waals surface area contributed by atoms with E-state index in [0.717, 1.165) is 19.3 Å². The summed E-state index contributed by atoms with van der Waals surface area (Å²) in [4.78, 5) is 21.6. The monoisotopic (exact) mass is 185 g/mol. The fraction of sp³-hybridized carbons (Fsp3) is 0.778. The minimum atomic E-state index is -0.606. The molecule has 1 unspecified atom stereocenters. The fourth-order valence-corrected chi connectivity index (χ4v) is 1.34. The number of hydrogen-bond acceptors (Lipinski definition) is 3. The van der Waals surface area contributed by atoms with Crippen molar-refractivity contribution in [1.29, 1.82) is 0 Å². The van der Waals surface area contributed by atoms with Crippen LogP contribution in [0.1, 0.15) is 39.0 Å². The Bertz CT molecular complexity index is 203. The number of ether oxygens (including phenoxy) is 1. The van der Waals surface area contributed by atoms with Gasteiger partial charge in [0.25, 0.3) is 5.91 Å². The van der Waals surface area contributed by atoms with Crippen LogP contribution in [-0.4, -0.2) is 18.1 Å². The molecule has 1 N–H and O–H groups in total. The lowest BCUT2D eigenvalue weighted by Gasteiger charge is -2.04. The second-order valence-electron chi connectivity index (χ2n) is 3.23. The highest BCUT2D eigenvalue weighted by molar-refractivity contribution is 5.99. The third-order valence-electron chi connectivity index (χ3n) is 2.09. The smallest absolute Gasteiger partial charge is 0.414 e. The van der Waals surface area contributed by atoms with Crippen LogP contribution in [0.2, 0.25) is 0 Å². The molecule has 2 amide bonds. The number of rotatable bonds is 5. The molecular weight excluding hydrogens is 170 g/mol. The van der Waals surface area contributed by atoms with E-state index < -0.39 is 12.2 Å². The lowest BCUT2D eigenvalue weighted by atomic mass is 10.1. The number of alkyl carbamates (subject to hydrolysis) is 1. The van der Waals surface area contributed by atoms with Crippen LogP contribution in [-0.2, 0) is 9.53 Å². The molecule has 0 radical (unpaired) electrons. The molecule has 0 aromatic heterocycles. The molecule has 1 saturated heterocycles. The van der Waals surface area contributed by atoms with Gasteiger partial charge < -0.3 is 4.74 Å². The predicted octanol–water partition coefficient (Wildman–Crippen LogP) is 1.59. The van der Waals surface area contributed by atoms with Crippen LogP contribution in [0.15, 0.2) is 0 Å². The molecule has 1 rings (SSSR count). The maximum atomic E-state index is 11.0. The Balaban J connectivity index is 2.14. The van der Waals surface area contributed by atoms with E-state index in [1.54, 1.807) is 0 Å². The first-order valence-corrected chi connectivity index (χ1v) is 4.75. The first kappa shape index (κ1) is 10.0. The standard InChI is InChI=1S/C9H15NO3/c1-2-3-4-5-6-7-8(11)10-9(12)13-7/h7H,2-6H2,1H3,(H,10,11,12). The summed E-state index contributed by atoms with van der Waals surface area (Å²) in [7, 11) is 0. The summed E-state index contributed by atoms with van der Waals surface area (Å²) in [6.45, 7) is 2.13. The van der Waals surface area contributed by atoms with Crippen LogP contribution in [0.4, 0.5) is 4.79 Å². The number of hydrogen-bond donors (Lipinski definition) is 1. The summed E-state index contributed by atoms with van der Waals surface area (Å²) in [5, 5.41) is 2.11.